The van der Waals surface area contributed by atoms with Gasteiger partial charge in [-0.05, 0) is 41.1 Å². The second kappa shape index (κ2) is 5.96. The molecule has 4 rings (SSSR count). The summed E-state index contributed by atoms with van der Waals surface area (Å²) in [5, 5.41) is 6.22. The van der Waals surface area contributed by atoms with Crippen LogP contribution in [0.2, 0.25) is 0 Å². The largest absolute Gasteiger partial charge is 0.423 e. The molecule has 0 aliphatic heterocycles. The van der Waals surface area contributed by atoms with E-state index in [0.717, 1.165) is 10.8 Å². The van der Waals surface area contributed by atoms with Crippen molar-refractivity contribution < 1.29 is 9.53 Å². The Balaban J connectivity index is 1.54. The van der Waals surface area contributed by atoms with E-state index in [1.165, 1.54) is 6.20 Å². The van der Waals surface area contributed by atoms with Gasteiger partial charge in [-0.2, -0.15) is 5.10 Å². The van der Waals surface area contributed by atoms with Crippen LogP contribution in [0.3, 0.4) is 0 Å². The molecule has 4 aromatic rings. The third kappa shape index (κ3) is 2.75. The Bertz CT molecular complexity index is 993. The molecular formula is C19H13N3O2. The number of hydrogen-bond acceptors (Lipinski definition) is 4. The fourth-order valence-electron chi connectivity index (χ4n) is 2.44. The second-order valence-corrected chi connectivity index (χ2v) is 5.25. The molecule has 0 spiro atoms. The smallest absolute Gasteiger partial charge is 0.345 e. The van der Waals surface area contributed by atoms with E-state index in [9.17, 15) is 4.79 Å². The van der Waals surface area contributed by atoms with Crippen LogP contribution in [0.5, 0.6) is 5.75 Å². The first-order chi connectivity index (χ1) is 11.8. The summed E-state index contributed by atoms with van der Waals surface area (Å²) in [7, 11) is 0. The fourth-order valence-corrected chi connectivity index (χ4v) is 2.44. The summed E-state index contributed by atoms with van der Waals surface area (Å²) in [5.41, 5.74) is 0.388. The number of carbonyl (C=O) groups is 1. The van der Waals surface area contributed by atoms with Crippen LogP contribution in [0.4, 0.5) is 0 Å². The maximum Gasteiger partial charge on any atom is 0.345 e. The third-order valence-corrected chi connectivity index (χ3v) is 3.65. The van der Waals surface area contributed by atoms with E-state index >= 15 is 0 Å². The SMILES string of the molecule is O=C(Oc1ccc2ccccc2c1)c1ccc(-n2cccn2)nc1. The lowest BCUT2D eigenvalue weighted by Crippen LogP contribution is -2.09. The van der Waals surface area contributed by atoms with Gasteiger partial charge in [0.05, 0.1) is 5.56 Å². The number of ether oxygens (including phenoxy) is 1. The molecule has 0 amide bonds. The maximum atomic E-state index is 12.3. The van der Waals surface area contributed by atoms with Crippen LogP contribution in [-0.2, 0) is 0 Å². The first-order valence-electron chi connectivity index (χ1n) is 7.47. The lowest BCUT2D eigenvalue weighted by molar-refractivity contribution is 0.0734. The Labute approximate surface area is 138 Å². The summed E-state index contributed by atoms with van der Waals surface area (Å²) in [4.78, 5) is 16.5. The first-order valence-corrected chi connectivity index (χ1v) is 7.47. The van der Waals surface area contributed by atoms with Crippen LogP contribution in [0.15, 0.2) is 79.3 Å². The zero-order valence-corrected chi connectivity index (χ0v) is 12.7. The van der Waals surface area contributed by atoms with Crippen molar-refractivity contribution in [1.29, 1.82) is 0 Å². The summed E-state index contributed by atoms with van der Waals surface area (Å²) in [5.74, 6) is 0.710. The molecule has 0 atom stereocenters. The highest BCUT2D eigenvalue weighted by atomic mass is 16.5. The van der Waals surface area contributed by atoms with E-state index in [4.69, 9.17) is 4.74 Å². The Morgan fingerprint density at radius 3 is 2.58 bits per heavy atom. The van der Waals surface area contributed by atoms with Crippen molar-refractivity contribution in [1.82, 2.24) is 14.8 Å². The topological polar surface area (TPSA) is 57.0 Å². The highest BCUT2D eigenvalue weighted by molar-refractivity contribution is 5.92. The lowest BCUT2D eigenvalue weighted by atomic mass is 10.1. The van der Waals surface area contributed by atoms with Crippen LogP contribution in [-0.4, -0.2) is 20.7 Å². The molecule has 0 aliphatic carbocycles. The van der Waals surface area contributed by atoms with Crippen LogP contribution in [0.25, 0.3) is 16.6 Å². The van der Waals surface area contributed by atoms with Gasteiger partial charge in [-0.25, -0.2) is 14.5 Å². The predicted octanol–water partition coefficient (Wildman–Crippen LogP) is 3.64. The van der Waals surface area contributed by atoms with Gasteiger partial charge < -0.3 is 4.74 Å². The zero-order valence-electron chi connectivity index (χ0n) is 12.7. The molecule has 0 N–H and O–H groups in total. The van der Waals surface area contributed by atoms with E-state index in [-0.39, 0.29) is 0 Å². The highest BCUT2D eigenvalue weighted by Gasteiger charge is 2.10. The molecule has 5 nitrogen and oxygen atoms in total. The molecule has 2 heterocycles. The van der Waals surface area contributed by atoms with Crippen molar-refractivity contribution >= 4 is 16.7 Å². The highest BCUT2D eigenvalue weighted by Crippen LogP contribution is 2.21. The van der Waals surface area contributed by atoms with Gasteiger partial charge in [0.1, 0.15) is 5.75 Å². The summed E-state index contributed by atoms with van der Waals surface area (Å²) in [6.07, 6.45) is 4.94. The number of benzene rings is 2. The fraction of sp³-hybridized carbons (Fsp3) is 0. The molecule has 2 aromatic heterocycles. The lowest BCUT2D eigenvalue weighted by Gasteiger charge is -2.06. The van der Waals surface area contributed by atoms with E-state index in [0.29, 0.717) is 17.1 Å². The second-order valence-electron chi connectivity index (χ2n) is 5.25. The van der Waals surface area contributed by atoms with Gasteiger partial charge >= 0.3 is 5.97 Å². The van der Waals surface area contributed by atoms with E-state index < -0.39 is 5.97 Å². The summed E-state index contributed by atoms with van der Waals surface area (Å²) in [6.45, 7) is 0. The van der Waals surface area contributed by atoms with Gasteiger partial charge in [0.2, 0.25) is 0 Å². The minimum atomic E-state index is -0.440. The molecule has 24 heavy (non-hydrogen) atoms. The number of nitrogens with zero attached hydrogens (tertiary/aromatic N) is 3. The number of hydrogen-bond donors (Lipinski definition) is 0. The van der Waals surface area contributed by atoms with E-state index in [1.54, 1.807) is 35.3 Å². The normalized spacial score (nSPS) is 10.7. The van der Waals surface area contributed by atoms with Gasteiger partial charge in [-0.3, -0.25) is 0 Å². The number of aromatic nitrogens is 3. The molecule has 0 radical (unpaired) electrons. The Kier molecular flexibility index (Phi) is 3.51. The molecule has 0 saturated heterocycles. The maximum absolute atomic E-state index is 12.3. The van der Waals surface area contributed by atoms with E-state index in [2.05, 4.69) is 10.1 Å². The molecule has 0 unspecified atom stereocenters. The molecule has 116 valence electrons. The number of esters is 1. The van der Waals surface area contributed by atoms with Gasteiger partial charge in [-0.15, -0.1) is 0 Å². The number of fused-ring (bicyclic) bond motifs is 1. The Morgan fingerprint density at radius 2 is 1.83 bits per heavy atom. The molecule has 0 aliphatic rings. The van der Waals surface area contributed by atoms with Gasteiger partial charge in [0, 0.05) is 18.6 Å². The van der Waals surface area contributed by atoms with Crippen molar-refractivity contribution in [2.75, 3.05) is 0 Å². The van der Waals surface area contributed by atoms with Gasteiger partial charge in [0.15, 0.2) is 5.82 Å². The average Bonchev–Trinajstić information content (AvgIpc) is 3.16. The summed E-state index contributed by atoms with van der Waals surface area (Å²) >= 11 is 0. The quantitative estimate of drug-likeness (QED) is 0.428. The van der Waals surface area contributed by atoms with Gasteiger partial charge in [0.25, 0.3) is 0 Å². The van der Waals surface area contributed by atoms with Crippen molar-refractivity contribution in [3.63, 3.8) is 0 Å². The Hall–Kier alpha value is -3.47. The van der Waals surface area contributed by atoms with Crippen LogP contribution in [0, 0.1) is 0 Å². The Morgan fingerprint density at radius 1 is 0.958 bits per heavy atom. The van der Waals surface area contributed by atoms with Crippen molar-refractivity contribution in [2.24, 2.45) is 0 Å². The number of pyridine rings is 1. The number of carbonyl (C=O) groups excluding carboxylic acids is 1. The molecule has 0 saturated carbocycles. The van der Waals surface area contributed by atoms with Crippen molar-refractivity contribution in [3.05, 3.63) is 84.8 Å². The summed E-state index contributed by atoms with van der Waals surface area (Å²) < 4.78 is 7.06. The third-order valence-electron chi connectivity index (χ3n) is 3.65. The minimum absolute atomic E-state index is 0.388. The van der Waals surface area contributed by atoms with Crippen molar-refractivity contribution in [2.45, 2.75) is 0 Å². The first kappa shape index (κ1) is 14.1. The monoisotopic (exact) mass is 315 g/mol. The van der Waals surface area contributed by atoms with E-state index in [1.807, 2.05) is 42.5 Å². The van der Waals surface area contributed by atoms with Crippen molar-refractivity contribution in [3.8, 4) is 11.6 Å². The van der Waals surface area contributed by atoms with Gasteiger partial charge in [-0.1, -0.05) is 30.3 Å². The standard InChI is InChI=1S/C19H13N3O2/c23-19(16-7-9-18(20-13-16)22-11-3-10-21-22)24-17-8-6-14-4-1-2-5-15(14)12-17/h1-13H. The zero-order chi connectivity index (χ0) is 16.4. The molecule has 2 aromatic carbocycles. The van der Waals surface area contributed by atoms with Crippen LogP contribution < -0.4 is 4.74 Å². The van der Waals surface area contributed by atoms with Crippen LogP contribution in [0.1, 0.15) is 10.4 Å². The number of rotatable bonds is 3. The molecular weight excluding hydrogens is 302 g/mol. The molecule has 5 heteroatoms. The predicted molar refractivity (Wildman–Crippen MR) is 90.3 cm³/mol. The average molecular weight is 315 g/mol. The van der Waals surface area contributed by atoms with Crippen LogP contribution >= 0.6 is 0 Å². The minimum Gasteiger partial charge on any atom is -0.423 e. The molecule has 0 fully saturated rings. The summed E-state index contributed by atoms with van der Waals surface area (Å²) in [6, 6.07) is 18.7. The molecule has 0 bridgehead atoms.